The van der Waals surface area contributed by atoms with Crippen molar-refractivity contribution in [2.75, 3.05) is 39.3 Å². The molecular formula is C22H29ClN4O2. The van der Waals surface area contributed by atoms with Crippen molar-refractivity contribution >= 4 is 17.6 Å². The van der Waals surface area contributed by atoms with Gasteiger partial charge >= 0.3 is 6.03 Å². The summed E-state index contributed by atoms with van der Waals surface area (Å²) < 4.78 is 0. The number of hydrogen-bond acceptors (Lipinski definition) is 4. The monoisotopic (exact) mass is 416 g/mol. The zero-order chi connectivity index (χ0) is 20.6. The molecule has 3 N–H and O–H groups in total. The zero-order valence-corrected chi connectivity index (χ0v) is 17.3. The van der Waals surface area contributed by atoms with E-state index in [1.165, 1.54) is 11.1 Å². The van der Waals surface area contributed by atoms with Crippen LogP contribution in [0.15, 0.2) is 54.6 Å². The Hall–Kier alpha value is -2.12. The lowest BCUT2D eigenvalue weighted by atomic mass is 9.96. The van der Waals surface area contributed by atoms with E-state index in [4.69, 9.17) is 17.3 Å². The Morgan fingerprint density at radius 1 is 1.00 bits per heavy atom. The summed E-state index contributed by atoms with van der Waals surface area (Å²) in [6.45, 7) is 5.19. The third-order valence-electron chi connectivity index (χ3n) is 5.42. The highest BCUT2D eigenvalue weighted by molar-refractivity contribution is 6.30. The van der Waals surface area contributed by atoms with Crippen LogP contribution in [0.1, 0.15) is 30.0 Å². The summed E-state index contributed by atoms with van der Waals surface area (Å²) in [7, 11) is 0. The van der Waals surface area contributed by atoms with Gasteiger partial charge in [0.15, 0.2) is 0 Å². The second kappa shape index (κ2) is 10.6. The zero-order valence-electron chi connectivity index (χ0n) is 16.6. The molecule has 156 valence electrons. The first kappa shape index (κ1) is 21.6. The molecule has 0 spiro atoms. The fraction of sp³-hybridized carbons (Fsp3) is 0.409. The molecule has 1 aliphatic rings. The maximum Gasteiger partial charge on any atom is 0.338 e. The van der Waals surface area contributed by atoms with E-state index >= 15 is 0 Å². The third-order valence-corrected chi connectivity index (χ3v) is 5.67. The standard InChI is InChI=1S/C22H29ClN4O2/c23-20-10-8-19(9-11-20)21(18-6-2-1-3-7-18)26-16-14-25(15-17-26)12-4-5-13-27(29)22(24)28/h1-3,6-11,21,29H,4-5,12-17H2,(H2,24,28)/t21-/m1/s1. The minimum Gasteiger partial charge on any atom is -0.350 e. The first-order chi connectivity index (χ1) is 14.0. The molecule has 1 saturated heterocycles. The predicted molar refractivity (Wildman–Crippen MR) is 115 cm³/mol. The van der Waals surface area contributed by atoms with Crippen molar-refractivity contribution < 1.29 is 10.0 Å². The smallest absolute Gasteiger partial charge is 0.338 e. The van der Waals surface area contributed by atoms with Gasteiger partial charge in [0.2, 0.25) is 0 Å². The van der Waals surface area contributed by atoms with Crippen molar-refractivity contribution in [1.29, 1.82) is 0 Å². The molecule has 2 aromatic carbocycles. The molecule has 0 saturated carbocycles. The van der Waals surface area contributed by atoms with Crippen molar-refractivity contribution in [3.05, 3.63) is 70.7 Å². The van der Waals surface area contributed by atoms with E-state index in [0.29, 0.717) is 5.06 Å². The number of amides is 2. The van der Waals surface area contributed by atoms with Gasteiger partial charge in [-0.3, -0.25) is 10.1 Å². The summed E-state index contributed by atoms with van der Waals surface area (Å²) in [5, 5.41) is 10.7. The van der Waals surface area contributed by atoms with Gasteiger partial charge in [-0.2, -0.15) is 0 Å². The molecular weight excluding hydrogens is 388 g/mol. The lowest BCUT2D eigenvalue weighted by molar-refractivity contribution is -0.0407. The molecule has 3 rings (SSSR count). The van der Waals surface area contributed by atoms with E-state index in [0.717, 1.165) is 50.6 Å². The summed E-state index contributed by atoms with van der Waals surface area (Å²) in [5.41, 5.74) is 7.57. The van der Waals surface area contributed by atoms with Gasteiger partial charge < -0.3 is 10.6 Å². The Bertz CT molecular complexity index is 764. The molecule has 6 nitrogen and oxygen atoms in total. The van der Waals surface area contributed by atoms with Crippen LogP contribution in [0.2, 0.25) is 5.02 Å². The summed E-state index contributed by atoms with van der Waals surface area (Å²) in [4.78, 5) is 15.8. The Kier molecular flexibility index (Phi) is 7.89. The van der Waals surface area contributed by atoms with Crippen LogP contribution in [0.25, 0.3) is 0 Å². The number of hydrogen-bond donors (Lipinski definition) is 2. The second-order valence-electron chi connectivity index (χ2n) is 7.41. The summed E-state index contributed by atoms with van der Waals surface area (Å²) in [5.74, 6) is 0. The highest BCUT2D eigenvalue weighted by atomic mass is 35.5. The summed E-state index contributed by atoms with van der Waals surface area (Å²) in [6.07, 6.45) is 1.65. The van der Waals surface area contributed by atoms with Crippen LogP contribution in [-0.2, 0) is 0 Å². The second-order valence-corrected chi connectivity index (χ2v) is 7.85. The number of rotatable bonds is 8. The molecule has 29 heavy (non-hydrogen) atoms. The average molecular weight is 417 g/mol. The minimum atomic E-state index is -0.798. The van der Waals surface area contributed by atoms with Crippen molar-refractivity contribution in [3.8, 4) is 0 Å². The molecule has 7 heteroatoms. The summed E-state index contributed by atoms with van der Waals surface area (Å²) >= 11 is 6.10. The normalized spacial score (nSPS) is 16.5. The van der Waals surface area contributed by atoms with Crippen molar-refractivity contribution in [3.63, 3.8) is 0 Å². The SMILES string of the molecule is NC(=O)N(O)CCCCN1CCN([C@H](c2ccccc2)c2ccc(Cl)cc2)CC1. The van der Waals surface area contributed by atoms with E-state index in [1.807, 2.05) is 18.2 Å². The van der Waals surface area contributed by atoms with E-state index < -0.39 is 6.03 Å². The Balaban J connectivity index is 1.56. The maximum atomic E-state index is 10.8. The number of carbonyl (C=O) groups is 1. The highest BCUT2D eigenvalue weighted by Gasteiger charge is 2.26. The largest absolute Gasteiger partial charge is 0.350 e. The fourth-order valence-corrected chi connectivity index (χ4v) is 3.97. The number of nitrogens with zero attached hydrogens (tertiary/aromatic N) is 3. The van der Waals surface area contributed by atoms with Crippen LogP contribution < -0.4 is 5.73 Å². The predicted octanol–water partition coefficient (Wildman–Crippen LogP) is 3.60. The Labute approximate surface area is 177 Å². The molecule has 0 radical (unpaired) electrons. The topological polar surface area (TPSA) is 73.0 Å². The molecule has 1 aliphatic heterocycles. The van der Waals surface area contributed by atoms with Gasteiger partial charge in [-0.15, -0.1) is 0 Å². The van der Waals surface area contributed by atoms with Crippen LogP contribution in [0.4, 0.5) is 4.79 Å². The van der Waals surface area contributed by atoms with Crippen LogP contribution in [0.3, 0.4) is 0 Å². The lowest BCUT2D eigenvalue weighted by Crippen LogP contribution is -2.48. The Morgan fingerprint density at radius 3 is 2.24 bits per heavy atom. The molecule has 2 amide bonds. The lowest BCUT2D eigenvalue weighted by Gasteiger charge is -2.40. The maximum absolute atomic E-state index is 10.8. The number of unbranched alkanes of at least 4 members (excludes halogenated alkanes) is 1. The number of urea groups is 1. The molecule has 0 aliphatic carbocycles. The molecule has 0 bridgehead atoms. The molecule has 1 heterocycles. The number of benzene rings is 2. The van der Waals surface area contributed by atoms with Crippen LogP contribution >= 0.6 is 11.6 Å². The van der Waals surface area contributed by atoms with Crippen LogP contribution in [-0.4, -0.2) is 65.4 Å². The van der Waals surface area contributed by atoms with Gasteiger partial charge in [0.1, 0.15) is 0 Å². The number of halogens is 1. The number of primary amides is 1. The van der Waals surface area contributed by atoms with Gasteiger partial charge in [0.05, 0.1) is 12.6 Å². The van der Waals surface area contributed by atoms with Crippen molar-refractivity contribution in [2.24, 2.45) is 5.73 Å². The third kappa shape index (κ3) is 6.18. The van der Waals surface area contributed by atoms with Crippen LogP contribution in [0.5, 0.6) is 0 Å². The first-order valence-electron chi connectivity index (χ1n) is 10.1. The van der Waals surface area contributed by atoms with Gasteiger partial charge in [-0.1, -0.05) is 54.1 Å². The fourth-order valence-electron chi connectivity index (χ4n) is 3.85. The van der Waals surface area contributed by atoms with Crippen molar-refractivity contribution in [1.82, 2.24) is 14.9 Å². The van der Waals surface area contributed by atoms with Gasteiger partial charge in [0, 0.05) is 31.2 Å². The number of carbonyl (C=O) groups excluding carboxylic acids is 1. The van der Waals surface area contributed by atoms with E-state index in [9.17, 15) is 10.0 Å². The van der Waals surface area contributed by atoms with Crippen molar-refractivity contribution in [2.45, 2.75) is 18.9 Å². The van der Waals surface area contributed by atoms with Crippen LogP contribution in [0, 0.1) is 0 Å². The molecule has 2 aromatic rings. The quantitative estimate of drug-likeness (QED) is 0.392. The molecule has 1 atom stereocenters. The minimum absolute atomic E-state index is 0.217. The number of piperazine rings is 1. The molecule has 1 fully saturated rings. The first-order valence-corrected chi connectivity index (χ1v) is 10.4. The van der Waals surface area contributed by atoms with E-state index in [1.54, 1.807) is 0 Å². The van der Waals surface area contributed by atoms with Gasteiger partial charge in [-0.25, -0.2) is 9.86 Å². The average Bonchev–Trinajstić information content (AvgIpc) is 2.74. The Morgan fingerprint density at radius 2 is 1.62 bits per heavy atom. The number of hydroxylamine groups is 2. The van der Waals surface area contributed by atoms with Gasteiger partial charge in [0.25, 0.3) is 0 Å². The molecule has 0 unspecified atom stereocenters. The van der Waals surface area contributed by atoms with E-state index in [-0.39, 0.29) is 12.6 Å². The van der Waals surface area contributed by atoms with E-state index in [2.05, 4.69) is 46.2 Å². The molecule has 0 aromatic heterocycles. The summed E-state index contributed by atoms with van der Waals surface area (Å²) in [6, 6.07) is 18.2. The van der Waals surface area contributed by atoms with Gasteiger partial charge in [-0.05, 0) is 42.6 Å². The number of nitrogens with two attached hydrogens (primary N) is 1. The highest BCUT2D eigenvalue weighted by Crippen LogP contribution is 2.30.